The first-order valence-corrected chi connectivity index (χ1v) is 13.9. The number of carbonyl (C=O) groups excluding carboxylic acids is 3. The van der Waals surface area contributed by atoms with Crippen molar-refractivity contribution in [1.29, 1.82) is 0 Å². The van der Waals surface area contributed by atoms with Gasteiger partial charge in [0, 0.05) is 23.5 Å². The third-order valence-electron chi connectivity index (χ3n) is 7.02. The lowest BCUT2D eigenvalue weighted by molar-refractivity contribution is -0.137. The number of likely N-dealkylation sites (tertiary alicyclic amines) is 1. The Morgan fingerprint density at radius 3 is 2.45 bits per heavy atom. The summed E-state index contributed by atoms with van der Waals surface area (Å²) in [5.74, 6) is -1.79. The molecule has 7 nitrogen and oxygen atoms in total. The zero-order valence-corrected chi connectivity index (χ0v) is 24.1. The third kappa shape index (κ3) is 7.35. The smallest absolute Gasteiger partial charge is 0.416 e. The highest BCUT2D eigenvalue weighted by Crippen LogP contribution is 2.36. The third-order valence-corrected chi connectivity index (χ3v) is 7.47. The molecule has 0 aliphatic carbocycles. The molecule has 2 aromatic carbocycles. The normalized spacial score (nSPS) is 20.4. The highest BCUT2D eigenvalue weighted by atomic mass is 79.9. The largest absolute Gasteiger partial charge is 0.447 e. The Hall–Kier alpha value is -3.08. The van der Waals surface area contributed by atoms with Crippen molar-refractivity contribution in [1.82, 2.24) is 9.80 Å². The number of halogens is 4. The molecule has 2 saturated heterocycles. The second-order valence-corrected chi connectivity index (χ2v) is 12.2. The minimum atomic E-state index is -4.57. The lowest BCUT2D eigenvalue weighted by Gasteiger charge is -2.29. The molecule has 2 aliphatic rings. The Bertz CT molecular complexity index is 1250. The Morgan fingerprint density at radius 2 is 1.80 bits per heavy atom. The van der Waals surface area contributed by atoms with Gasteiger partial charge in [-0.25, -0.2) is 14.5 Å². The van der Waals surface area contributed by atoms with Crippen molar-refractivity contribution in [3.05, 3.63) is 69.7 Å². The van der Waals surface area contributed by atoms with Crippen molar-refractivity contribution < 1.29 is 37.0 Å². The van der Waals surface area contributed by atoms with E-state index in [1.165, 1.54) is 4.90 Å². The quantitative estimate of drug-likeness (QED) is 0.368. The molecule has 2 aliphatic heterocycles. The van der Waals surface area contributed by atoms with Crippen LogP contribution in [0, 0.1) is 11.8 Å². The summed E-state index contributed by atoms with van der Waals surface area (Å²) in [4.78, 5) is 42.2. The second kappa shape index (κ2) is 11.8. The fourth-order valence-electron chi connectivity index (χ4n) is 5.20. The molecule has 216 valence electrons. The molecule has 0 spiro atoms. The number of rotatable bonds is 6. The maximum Gasteiger partial charge on any atom is 0.416 e. The van der Waals surface area contributed by atoms with Crippen molar-refractivity contribution in [2.24, 2.45) is 11.8 Å². The number of hydrogen-bond donors (Lipinski definition) is 0. The number of cyclic esters (lactones) is 1. The summed E-state index contributed by atoms with van der Waals surface area (Å²) in [5, 5.41) is 0. The highest BCUT2D eigenvalue weighted by molar-refractivity contribution is 9.10. The van der Waals surface area contributed by atoms with Gasteiger partial charge in [-0.2, -0.15) is 13.2 Å². The van der Waals surface area contributed by atoms with E-state index in [2.05, 4.69) is 15.9 Å². The van der Waals surface area contributed by atoms with Gasteiger partial charge in [-0.15, -0.1) is 0 Å². The van der Waals surface area contributed by atoms with Crippen LogP contribution in [-0.4, -0.2) is 59.2 Å². The SMILES string of the molecule is CC(C)(C)OC(=O)N1CC[C@H]([C@H](Cc2cc(Br)cc(C(F)(F)F)c2)C(=O)N2C(=O)OC[C@@H]2Cc2ccccc2)C1. The Balaban J connectivity index is 1.63. The average molecular weight is 625 g/mol. The van der Waals surface area contributed by atoms with E-state index >= 15 is 0 Å². The van der Waals surface area contributed by atoms with Crippen LogP contribution in [0.4, 0.5) is 22.8 Å². The fraction of sp³-hybridized carbons (Fsp3) is 0.483. The molecule has 40 heavy (non-hydrogen) atoms. The van der Waals surface area contributed by atoms with Gasteiger partial charge < -0.3 is 14.4 Å². The second-order valence-electron chi connectivity index (χ2n) is 11.3. The number of hydrogen-bond acceptors (Lipinski definition) is 5. The Morgan fingerprint density at radius 1 is 1.10 bits per heavy atom. The van der Waals surface area contributed by atoms with Gasteiger partial charge in [-0.1, -0.05) is 46.3 Å². The van der Waals surface area contributed by atoms with Crippen LogP contribution in [0.3, 0.4) is 0 Å². The number of alkyl halides is 3. The number of benzene rings is 2. The van der Waals surface area contributed by atoms with E-state index in [1.807, 2.05) is 30.3 Å². The Kier molecular flexibility index (Phi) is 8.82. The zero-order chi connectivity index (χ0) is 29.2. The van der Waals surface area contributed by atoms with Crippen LogP contribution >= 0.6 is 15.9 Å². The fourth-order valence-corrected chi connectivity index (χ4v) is 5.74. The van der Waals surface area contributed by atoms with Crippen molar-refractivity contribution in [3.8, 4) is 0 Å². The molecule has 0 N–H and O–H groups in total. The summed E-state index contributed by atoms with van der Waals surface area (Å²) in [6, 6.07) is 12.3. The topological polar surface area (TPSA) is 76.2 Å². The lowest BCUT2D eigenvalue weighted by Crippen LogP contribution is -2.46. The van der Waals surface area contributed by atoms with Crippen LogP contribution in [-0.2, 0) is 33.3 Å². The summed E-state index contributed by atoms with van der Waals surface area (Å²) in [6.07, 6.45) is -5.10. The van der Waals surface area contributed by atoms with E-state index in [9.17, 15) is 27.6 Å². The lowest BCUT2D eigenvalue weighted by atomic mass is 9.84. The molecule has 0 aromatic heterocycles. The summed E-state index contributed by atoms with van der Waals surface area (Å²) in [6.45, 7) is 5.79. The van der Waals surface area contributed by atoms with Gasteiger partial charge in [-0.3, -0.25) is 4.79 Å². The molecule has 2 fully saturated rings. The van der Waals surface area contributed by atoms with Gasteiger partial charge in [0.15, 0.2) is 0 Å². The van der Waals surface area contributed by atoms with Crippen molar-refractivity contribution in [2.75, 3.05) is 19.7 Å². The number of nitrogens with zero attached hydrogens (tertiary/aromatic N) is 2. The minimum Gasteiger partial charge on any atom is -0.447 e. The number of amides is 3. The average Bonchev–Trinajstić information content (AvgIpc) is 3.48. The number of ether oxygens (including phenoxy) is 2. The molecule has 0 bridgehead atoms. The van der Waals surface area contributed by atoms with Gasteiger partial charge in [-0.05, 0) is 75.3 Å². The van der Waals surface area contributed by atoms with Crippen molar-refractivity contribution in [3.63, 3.8) is 0 Å². The molecular weight excluding hydrogens is 593 g/mol. The molecule has 0 radical (unpaired) electrons. The molecule has 0 unspecified atom stereocenters. The van der Waals surface area contributed by atoms with E-state index in [4.69, 9.17) is 9.47 Å². The van der Waals surface area contributed by atoms with Crippen molar-refractivity contribution >= 4 is 34.0 Å². The molecule has 3 atom stereocenters. The first-order valence-electron chi connectivity index (χ1n) is 13.1. The Labute approximate surface area is 239 Å². The van der Waals surface area contributed by atoms with Crippen LogP contribution < -0.4 is 0 Å². The van der Waals surface area contributed by atoms with Crippen molar-refractivity contribution in [2.45, 2.75) is 57.9 Å². The van der Waals surface area contributed by atoms with Crippen LogP contribution in [0.5, 0.6) is 0 Å². The van der Waals surface area contributed by atoms with Gasteiger partial charge in [0.25, 0.3) is 0 Å². The van der Waals surface area contributed by atoms with E-state index < -0.39 is 53.3 Å². The predicted molar refractivity (Wildman–Crippen MR) is 144 cm³/mol. The van der Waals surface area contributed by atoms with E-state index in [0.717, 1.165) is 22.6 Å². The van der Waals surface area contributed by atoms with E-state index in [-0.39, 0.29) is 24.0 Å². The van der Waals surface area contributed by atoms with Gasteiger partial charge in [0.2, 0.25) is 5.91 Å². The first kappa shape index (κ1) is 29.9. The molecule has 4 rings (SSSR count). The maximum atomic E-state index is 14.1. The highest BCUT2D eigenvalue weighted by Gasteiger charge is 2.45. The van der Waals surface area contributed by atoms with Gasteiger partial charge >= 0.3 is 18.4 Å². The first-order chi connectivity index (χ1) is 18.7. The summed E-state index contributed by atoms with van der Waals surface area (Å²) in [5.41, 5.74) is -0.340. The van der Waals surface area contributed by atoms with Crippen LogP contribution in [0.25, 0.3) is 0 Å². The molecule has 3 amide bonds. The van der Waals surface area contributed by atoms with Crippen LogP contribution in [0.15, 0.2) is 53.0 Å². The molecular formula is C29H32BrF3N2O5. The zero-order valence-electron chi connectivity index (χ0n) is 22.5. The van der Waals surface area contributed by atoms with Gasteiger partial charge in [0.05, 0.1) is 11.6 Å². The molecule has 11 heteroatoms. The number of carbonyl (C=O) groups is 3. The standard InChI is InChI=1S/C29H32BrF3N2O5/c1-28(2,3)40-26(37)34-10-9-20(16-34)24(14-19-11-21(29(31,32)33)15-22(30)12-19)25(36)35-23(17-39-27(35)38)13-18-7-5-4-6-8-18/h4-8,11-12,15,20,23-24H,9-10,13-14,16-17H2,1-3H3/t20-,23-,24-/m0/s1. The van der Waals surface area contributed by atoms with Crippen LogP contribution in [0.2, 0.25) is 0 Å². The minimum absolute atomic E-state index is 0.0238. The summed E-state index contributed by atoms with van der Waals surface area (Å²) < 4.78 is 51.7. The van der Waals surface area contributed by atoms with E-state index in [1.54, 1.807) is 26.8 Å². The summed E-state index contributed by atoms with van der Waals surface area (Å²) in [7, 11) is 0. The van der Waals surface area contributed by atoms with E-state index in [0.29, 0.717) is 24.9 Å². The molecule has 2 heterocycles. The molecule has 0 saturated carbocycles. The number of imide groups is 1. The maximum absolute atomic E-state index is 14.1. The predicted octanol–water partition coefficient (Wildman–Crippen LogP) is 6.47. The molecule has 2 aromatic rings. The monoisotopic (exact) mass is 624 g/mol. The van der Waals surface area contributed by atoms with Gasteiger partial charge in [0.1, 0.15) is 12.2 Å². The van der Waals surface area contributed by atoms with Crippen LogP contribution in [0.1, 0.15) is 43.9 Å². The summed E-state index contributed by atoms with van der Waals surface area (Å²) >= 11 is 3.16.